The summed E-state index contributed by atoms with van der Waals surface area (Å²) in [4.78, 5) is 18.3. The number of nitriles is 1. The molecule has 1 atom stereocenters. The first kappa shape index (κ1) is 22.8. The van der Waals surface area contributed by atoms with Gasteiger partial charge in [-0.15, -0.1) is 16.4 Å². The van der Waals surface area contributed by atoms with Gasteiger partial charge in [-0.25, -0.2) is 4.98 Å². The Hall–Kier alpha value is -2.34. The van der Waals surface area contributed by atoms with Crippen molar-refractivity contribution in [2.24, 2.45) is 11.3 Å². The van der Waals surface area contributed by atoms with E-state index in [-0.39, 0.29) is 17.1 Å². The Bertz CT molecular complexity index is 1170. The van der Waals surface area contributed by atoms with Gasteiger partial charge in [-0.05, 0) is 60.4 Å². The number of amides is 1. The van der Waals surface area contributed by atoms with E-state index in [2.05, 4.69) is 47.3 Å². The van der Waals surface area contributed by atoms with E-state index in [1.165, 1.54) is 16.6 Å². The van der Waals surface area contributed by atoms with Crippen LogP contribution < -0.4 is 5.32 Å². The molecule has 2 heterocycles. The van der Waals surface area contributed by atoms with Gasteiger partial charge in [0.1, 0.15) is 11.1 Å². The lowest BCUT2D eigenvalue weighted by atomic mass is 9.72. The number of nitrogens with zero attached hydrogens (tertiary/aromatic N) is 3. The van der Waals surface area contributed by atoms with Crippen molar-refractivity contribution < 1.29 is 4.79 Å². The average Bonchev–Trinajstić information content (AvgIpc) is 3.35. The molecule has 32 heavy (non-hydrogen) atoms. The maximum absolute atomic E-state index is 12.6. The number of anilines is 1. The quantitative estimate of drug-likeness (QED) is 0.436. The first-order chi connectivity index (χ1) is 15.2. The Morgan fingerprint density at radius 3 is 2.81 bits per heavy atom. The molecule has 0 fully saturated rings. The third kappa shape index (κ3) is 5.01. The van der Waals surface area contributed by atoms with E-state index in [0.717, 1.165) is 30.4 Å². The van der Waals surface area contributed by atoms with Crippen molar-refractivity contribution in [3.05, 3.63) is 45.3 Å². The minimum atomic E-state index is -0.171. The zero-order valence-electron chi connectivity index (χ0n) is 18.2. The molecule has 0 aliphatic heterocycles. The highest BCUT2D eigenvalue weighted by molar-refractivity contribution is 7.99. The molecule has 2 aromatic heterocycles. The van der Waals surface area contributed by atoms with E-state index in [9.17, 15) is 10.1 Å². The SMILES string of the molecule is CC(C)(C)C1CCc2c(sc(NC(=O)CSc3n[nH]c(-c4ccc(Cl)cc4)n3)c2C#N)C1. The number of aromatic nitrogens is 3. The van der Waals surface area contributed by atoms with Gasteiger partial charge in [0.15, 0.2) is 5.82 Å². The number of carbonyl (C=O) groups excluding carboxylic acids is 1. The molecular formula is C23H24ClN5OS2. The van der Waals surface area contributed by atoms with Crippen LogP contribution in [-0.4, -0.2) is 26.8 Å². The van der Waals surface area contributed by atoms with Crippen LogP contribution in [0.25, 0.3) is 11.4 Å². The Morgan fingerprint density at radius 2 is 2.12 bits per heavy atom. The molecule has 0 saturated carbocycles. The number of thiophene rings is 1. The van der Waals surface area contributed by atoms with Gasteiger partial charge in [-0.1, -0.05) is 44.1 Å². The number of benzene rings is 1. The van der Waals surface area contributed by atoms with Crippen LogP contribution >= 0.6 is 34.7 Å². The van der Waals surface area contributed by atoms with E-state index in [0.29, 0.717) is 32.5 Å². The second-order valence-electron chi connectivity index (χ2n) is 8.94. The first-order valence-electron chi connectivity index (χ1n) is 10.4. The highest BCUT2D eigenvalue weighted by atomic mass is 35.5. The van der Waals surface area contributed by atoms with Crippen molar-refractivity contribution in [2.75, 3.05) is 11.1 Å². The lowest BCUT2D eigenvalue weighted by Crippen LogP contribution is -2.26. The van der Waals surface area contributed by atoms with Crippen LogP contribution in [0.5, 0.6) is 0 Å². The highest BCUT2D eigenvalue weighted by Gasteiger charge is 2.32. The molecule has 2 N–H and O–H groups in total. The second-order valence-corrected chi connectivity index (χ2v) is 11.4. The standard InChI is InChI=1S/C23H24ClN5OS2/c1-23(2,3)14-6-9-16-17(11-25)21(32-18(16)10-14)26-19(30)12-31-22-27-20(28-29-22)13-4-7-15(24)8-5-13/h4-5,7-8,14H,6,9-10,12H2,1-3H3,(H,26,30)(H,27,28,29). The predicted molar refractivity (Wildman–Crippen MR) is 130 cm³/mol. The second kappa shape index (κ2) is 9.26. The molecule has 9 heteroatoms. The number of rotatable bonds is 5. The number of nitrogens with one attached hydrogen (secondary N) is 2. The van der Waals surface area contributed by atoms with Crippen LogP contribution in [0.15, 0.2) is 29.4 Å². The summed E-state index contributed by atoms with van der Waals surface area (Å²) in [6.45, 7) is 6.80. The normalized spacial score (nSPS) is 15.8. The summed E-state index contributed by atoms with van der Waals surface area (Å²) in [5.41, 5.74) is 2.84. The summed E-state index contributed by atoms with van der Waals surface area (Å²) >= 11 is 8.72. The van der Waals surface area contributed by atoms with Crippen LogP contribution in [-0.2, 0) is 17.6 Å². The number of halogens is 1. The number of fused-ring (bicyclic) bond motifs is 1. The van der Waals surface area contributed by atoms with Crippen molar-refractivity contribution in [2.45, 2.75) is 45.2 Å². The number of carbonyl (C=O) groups is 1. The van der Waals surface area contributed by atoms with Crippen LogP contribution in [0.2, 0.25) is 5.02 Å². The Morgan fingerprint density at radius 1 is 1.38 bits per heavy atom. The van der Waals surface area contributed by atoms with Gasteiger partial charge in [-0.2, -0.15) is 5.26 Å². The lowest BCUT2D eigenvalue weighted by Gasteiger charge is -2.33. The number of hydrogen-bond donors (Lipinski definition) is 2. The van der Waals surface area contributed by atoms with Gasteiger partial charge < -0.3 is 5.32 Å². The van der Waals surface area contributed by atoms with Gasteiger partial charge >= 0.3 is 0 Å². The summed E-state index contributed by atoms with van der Waals surface area (Å²) in [5.74, 6) is 1.20. The highest BCUT2D eigenvalue weighted by Crippen LogP contribution is 2.44. The van der Waals surface area contributed by atoms with Crippen LogP contribution in [0.1, 0.15) is 43.2 Å². The summed E-state index contributed by atoms with van der Waals surface area (Å²) in [6, 6.07) is 9.60. The van der Waals surface area contributed by atoms with Crippen molar-refractivity contribution >= 4 is 45.6 Å². The molecular weight excluding hydrogens is 462 g/mol. The predicted octanol–water partition coefficient (Wildman–Crippen LogP) is 5.94. The summed E-state index contributed by atoms with van der Waals surface area (Å²) in [5, 5.41) is 21.5. The number of aromatic amines is 1. The third-order valence-electron chi connectivity index (χ3n) is 5.77. The minimum Gasteiger partial charge on any atom is -0.316 e. The van der Waals surface area contributed by atoms with Crippen molar-refractivity contribution in [1.82, 2.24) is 15.2 Å². The van der Waals surface area contributed by atoms with Crippen LogP contribution in [0.4, 0.5) is 5.00 Å². The van der Waals surface area contributed by atoms with Gasteiger partial charge in [0.2, 0.25) is 11.1 Å². The third-order valence-corrected chi connectivity index (χ3v) is 8.04. The van der Waals surface area contributed by atoms with E-state index in [4.69, 9.17) is 11.6 Å². The fourth-order valence-corrected chi connectivity index (χ4v) is 5.89. The maximum Gasteiger partial charge on any atom is 0.235 e. The zero-order chi connectivity index (χ0) is 22.9. The molecule has 6 nitrogen and oxygen atoms in total. The number of thioether (sulfide) groups is 1. The molecule has 1 amide bonds. The summed E-state index contributed by atoms with van der Waals surface area (Å²) in [7, 11) is 0. The van der Waals surface area contributed by atoms with Crippen molar-refractivity contribution in [3.8, 4) is 17.5 Å². The Kier molecular flexibility index (Phi) is 6.61. The molecule has 0 spiro atoms. The molecule has 1 aromatic carbocycles. The van der Waals surface area contributed by atoms with Crippen molar-refractivity contribution in [3.63, 3.8) is 0 Å². The number of hydrogen-bond acceptors (Lipinski definition) is 6. The first-order valence-corrected chi connectivity index (χ1v) is 12.6. The topological polar surface area (TPSA) is 94.5 Å². The smallest absolute Gasteiger partial charge is 0.235 e. The summed E-state index contributed by atoms with van der Waals surface area (Å²) in [6.07, 6.45) is 2.94. The van der Waals surface area contributed by atoms with Crippen molar-refractivity contribution in [1.29, 1.82) is 5.26 Å². The summed E-state index contributed by atoms with van der Waals surface area (Å²) < 4.78 is 0. The van der Waals surface area contributed by atoms with E-state index >= 15 is 0 Å². The fourth-order valence-electron chi connectivity index (χ4n) is 3.87. The van der Waals surface area contributed by atoms with Crippen LogP contribution in [0.3, 0.4) is 0 Å². The molecule has 0 bridgehead atoms. The van der Waals surface area contributed by atoms with E-state index in [1.807, 2.05) is 12.1 Å². The van der Waals surface area contributed by atoms with Gasteiger partial charge in [-0.3, -0.25) is 9.89 Å². The Labute approximate surface area is 200 Å². The lowest BCUT2D eigenvalue weighted by molar-refractivity contribution is -0.113. The molecule has 1 aliphatic rings. The minimum absolute atomic E-state index is 0.163. The van der Waals surface area contributed by atoms with E-state index < -0.39 is 0 Å². The molecule has 3 aromatic rings. The Balaban J connectivity index is 1.39. The molecule has 0 radical (unpaired) electrons. The average molecular weight is 486 g/mol. The van der Waals surface area contributed by atoms with Gasteiger partial charge in [0, 0.05) is 15.5 Å². The number of H-pyrrole nitrogens is 1. The molecule has 1 aliphatic carbocycles. The maximum atomic E-state index is 12.6. The molecule has 4 rings (SSSR count). The molecule has 0 saturated heterocycles. The van der Waals surface area contributed by atoms with Crippen LogP contribution in [0, 0.1) is 22.7 Å². The van der Waals surface area contributed by atoms with Gasteiger partial charge in [0.25, 0.3) is 0 Å². The monoisotopic (exact) mass is 485 g/mol. The fraction of sp³-hybridized carbons (Fsp3) is 0.391. The largest absolute Gasteiger partial charge is 0.316 e. The van der Waals surface area contributed by atoms with Gasteiger partial charge in [0.05, 0.1) is 11.3 Å². The van der Waals surface area contributed by atoms with E-state index in [1.54, 1.807) is 23.5 Å². The molecule has 1 unspecified atom stereocenters. The molecule has 166 valence electrons. The zero-order valence-corrected chi connectivity index (χ0v) is 20.5.